The van der Waals surface area contributed by atoms with Crippen LogP contribution in [0.4, 0.5) is 0 Å². The monoisotopic (exact) mass is 384 g/mol. The Balaban J connectivity index is 2.27. The molecule has 3 rings (SSSR count). The van der Waals surface area contributed by atoms with Gasteiger partial charge in [-0.3, -0.25) is 4.79 Å². The molecule has 0 amide bonds. The largest absolute Gasteiger partial charge is 0.497 e. The number of carbonyl (C=O) groups excluding carboxylic acids is 1. The van der Waals surface area contributed by atoms with Crippen molar-refractivity contribution in [2.45, 2.75) is 27.2 Å². The maximum absolute atomic E-state index is 13.1. The third kappa shape index (κ3) is 5.03. The van der Waals surface area contributed by atoms with Gasteiger partial charge < -0.3 is 4.74 Å². The lowest BCUT2D eigenvalue weighted by Crippen LogP contribution is -2.20. The Labute approximate surface area is 173 Å². The van der Waals surface area contributed by atoms with Crippen LogP contribution in [0, 0.1) is 5.41 Å². The summed E-state index contributed by atoms with van der Waals surface area (Å²) >= 11 is 0. The van der Waals surface area contributed by atoms with Gasteiger partial charge in [-0.2, -0.15) is 0 Å². The molecular formula is C27H28O2. The van der Waals surface area contributed by atoms with Crippen molar-refractivity contribution in [2.24, 2.45) is 5.41 Å². The van der Waals surface area contributed by atoms with E-state index in [1.165, 1.54) is 0 Å². The average molecular weight is 385 g/mol. The maximum Gasteiger partial charge on any atom is 0.142 e. The van der Waals surface area contributed by atoms with Crippen molar-refractivity contribution in [3.63, 3.8) is 0 Å². The molecule has 148 valence electrons. The zero-order valence-corrected chi connectivity index (χ0v) is 17.6. The maximum atomic E-state index is 13.1. The molecule has 0 bridgehead atoms. The minimum atomic E-state index is -0.401. The number of carbonyl (C=O) groups is 1. The number of ether oxygens (including phenoxy) is 1. The first-order valence-corrected chi connectivity index (χ1v) is 9.92. The van der Waals surface area contributed by atoms with E-state index in [1.807, 2.05) is 69.3 Å². The smallest absolute Gasteiger partial charge is 0.142 e. The Hall–Kier alpha value is -3.13. The summed E-state index contributed by atoms with van der Waals surface area (Å²) in [5, 5.41) is 0. The van der Waals surface area contributed by atoms with Crippen LogP contribution in [0.15, 0.2) is 84.9 Å². The van der Waals surface area contributed by atoms with Crippen LogP contribution in [0.1, 0.15) is 43.9 Å². The predicted octanol–water partition coefficient (Wildman–Crippen LogP) is 6.66. The van der Waals surface area contributed by atoms with Crippen molar-refractivity contribution in [2.75, 3.05) is 7.11 Å². The summed E-state index contributed by atoms with van der Waals surface area (Å²) in [6.45, 7) is 5.94. The molecule has 3 aromatic rings. The van der Waals surface area contributed by atoms with Gasteiger partial charge in [-0.05, 0) is 40.0 Å². The summed E-state index contributed by atoms with van der Waals surface area (Å²) in [6.07, 6.45) is 0.379. The fourth-order valence-electron chi connectivity index (χ4n) is 3.28. The first-order valence-electron chi connectivity index (χ1n) is 9.92. The second-order valence-corrected chi connectivity index (χ2v) is 8.16. The standard InChI is InChI=1S/C27H28O2/c1-27(2,3)25(28)19-24(20-11-7-5-8-12-20)26(21-13-9-6-10-14-21)22-15-17-23(29-4)18-16-22/h5-18H,19H2,1-4H3/b26-24-. The molecule has 29 heavy (non-hydrogen) atoms. The number of hydrogen-bond acceptors (Lipinski definition) is 2. The van der Waals surface area contributed by atoms with Crippen LogP contribution >= 0.6 is 0 Å². The van der Waals surface area contributed by atoms with Gasteiger partial charge in [0.05, 0.1) is 7.11 Å². The number of benzene rings is 3. The van der Waals surface area contributed by atoms with Crippen molar-refractivity contribution in [3.8, 4) is 5.75 Å². The minimum absolute atomic E-state index is 0.221. The van der Waals surface area contributed by atoms with Crippen LogP contribution < -0.4 is 4.74 Å². The Bertz CT molecular complexity index is 976. The van der Waals surface area contributed by atoms with Crippen molar-refractivity contribution < 1.29 is 9.53 Å². The molecule has 0 N–H and O–H groups in total. The molecule has 0 aliphatic carbocycles. The molecular weight excluding hydrogens is 356 g/mol. The fraction of sp³-hybridized carbons (Fsp3) is 0.222. The number of rotatable bonds is 6. The summed E-state index contributed by atoms with van der Waals surface area (Å²) in [6, 6.07) is 28.5. The Morgan fingerprint density at radius 3 is 1.69 bits per heavy atom. The van der Waals surface area contributed by atoms with Crippen LogP contribution in [0.5, 0.6) is 5.75 Å². The van der Waals surface area contributed by atoms with Crippen LogP contribution in [0.3, 0.4) is 0 Å². The first kappa shape index (κ1) is 20.6. The van der Waals surface area contributed by atoms with Crippen molar-refractivity contribution in [3.05, 3.63) is 102 Å². The van der Waals surface area contributed by atoms with E-state index in [0.717, 1.165) is 33.6 Å². The zero-order chi connectivity index (χ0) is 20.9. The van der Waals surface area contributed by atoms with E-state index in [9.17, 15) is 4.79 Å². The summed E-state index contributed by atoms with van der Waals surface area (Å²) in [7, 11) is 1.67. The van der Waals surface area contributed by atoms with Gasteiger partial charge in [0.25, 0.3) is 0 Å². The highest BCUT2D eigenvalue weighted by molar-refractivity contribution is 6.05. The molecule has 0 spiro atoms. The van der Waals surface area contributed by atoms with Crippen LogP contribution in [-0.2, 0) is 4.79 Å². The second kappa shape index (κ2) is 8.91. The van der Waals surface area contributed by atoms with Gasteiger partial charge in [0.2, 0.25) is 0 Å². The zero-order valence-electron chi connectivity index (χ0n) is 17.6. The van der Waals surface area contributed by atoms with Crippen LogP contribution in [0.25, 0.3) is 11.1 Å². The number of methoxy groups -OCH3 is 1. The molecule has 3 aromatic carbocycles. The molecule has 2 nitrogen and oxygen atoms in total. The van der Waals surface area contributed by atoms with Crippen molar-refractivity contribution in [1.82, 2.24) is 0 Å². The van der Waals surface area contributed by atoms with E-state index in [-0.39, 0.29) is 5.78 Å². The minimum Gasteiger partial charge on any atom is -0.497 e. The highest BCUT2D eigenvalue weighted by Gasteiger charge is 2.25. The van der Waals surface area contributed by atoms with Gasteiger partial charge in [-0.1, -0.05) is 93.6 Å². The lowest BCUT2D eigenvalue weighted by molar-refractivity contribution is -0.125. The van der Waals surface area contributed by atoms with Gasteiger partial charge >= 0.3 is 0 Å². The highest BCUT2D eigenvalue weighted by Crippen LogP contribution is 2.36. The molecule has 0 saturated heterocycles. The van der Waals surface area contributed by atoms with E-state index < -0.39 is 5.41 Å². The van der Waals surface area contributed by atoms with Gasteiger partial charge in [-0.15, -0.1) is 0 Å². The Kier molecular flexibility index (Phi) is 6.33. The molecule has 0 atom stereocenters. The van der Waals surface area contributed by atoms with Gasteiger partial charge in [-0.25, -0.2) is 0 Å². The topological polar surface area (TPSA) is 26.3 Å². The first-order chi connectivity index (χ1) is 13.9. The fourth-order valence-corrected chi connectivity index (χ4v) is 3.28. The van der Waals surface area contributed by atoms with Crippen molar-refractivity contribution in [1.29, 1.82) is 0 Å². The molecule has 0 aliphatic rings. The molecule has 0 unspecified atom stereocenters. The van der Waals surface area contributed by atoms with E-state index in [0.29, 0.717) is 6.42 Å². The van der Waals surface area contributed by atoms with Gasteiger partial charge in [0.15, 0.2) is 0 Å². The summed E-state index contributed by atoms with van der Waals surface area (Å²) < 4.78 is 5.34. The van der Waals surface area contributed by atoms with Crippen LogP contribution in [-0.4, -0.2) is 12.9 Å². The average Bonchev–Trinajstić information content (AvgIpc) is 2.74. The second-order valence-electron chi connectivity index (χ2n) is 8.16. The molecule has 0 saturated carbocycles. The molecule has 0 radical (unpaired) electrons. The summed E-state index contributed by atoms with van der Waals surface area (Å²) in [5.41, 5.74) is 4.95. The number of allylic oxidation sites excluding steroid dienone is 1. The molecule has 0 aromatic heterocycles. The van der Waals surface area contributed by atoms with Crippen LogP contribution in [0.2, 0.25) is 0 Å². The lowest BCUT2D eigenvalue weighted by atomic mass is 9.81. The van der Waals surface area contributed by atoms with E-state index >= 15 is 0 Å². The molecule has 0 fully saturated rings. The molecule has 0 heterocycles. The number of ketones is 1. The van der Waals surface area contributed by atoms with E-state index in [2.05, 4.69) is 36.4 Å². The van der Waals surface area contributed by atoms with E-state index in [1.54, 1.807) is 7.11 Å². The quantitative estimate of drug-likeness (QED) is 0.444. The third-order valence-corrected chi connectivity index (χ3v) is 5.04. The van der Waals surface area contributed by atoms with Crippen molar-refractivity contribution >= 4 is 16.9 Å². The Morgan fingerprint density at radius 2 is 1.21 bits per heavy atom. The lowest BCUT2D eigenvalue weighted by Gasteiger charge is -2.21. The summed E-state index contributed by atoms with van der Waals surface area (Å²) in [4.78, 5) is 13.1. The predicted molar refractivity (Wildman–Crippen MR) is 121 cm³/mol. The number of Topliss-reactive ketones (excluding diaryl/α,β-unsaturated/α-hetero) is 1. The highest BCUT2D eigenvalue weighted by atomic mass is 16.5. The number of hydrogen-bond donors (Lipinski definition) is 0. The van der Waals surface area contributed by atoms with Gasteiger partial charge in [0.1, 0.15) is 11.5 Å². The third-order valence-electron chi connectivity index (χ3n) is 5.04. The molecule has 2 heteroatoms. The SMILES string of the molecule is COc1ccc(/C(=C(/CC(=O)C(C)(C)C)c2ccccc2)c2ccccc2)cc1. The van der Waals surface area contributed by atoms with Gasteiger partial charge in [0, 0.05) is 11.8 Å². The molecule has 0 aliphatic heterocycles. The normalized spacial score (nSPS) is 12.3. The van der Waals surface area contributed by atoms with E-state index in [4.69, 9.17) is 4.74 Å². The summed E-state index contributed by atoms with van der Waals surface area (Å²) in [5.74, 6) is 1.03. The Morgan fingerprint density at radius 1 is 0.724 bits per heavy atom.